The lowest BCUT2D eigenvalue weighted by molar-refractivity contribution is 0.484. The van der Waals surface area contributed by atoms with Gasteiger partial charge in [-0.1, -0.05) is 23.2 Å². The number of anilines is 1. The van der Waals surface area contributed by atoms with Gasteiger partial charge in [0.05, 0.1) is 10.7 Å². The Morgan fingerprint density at radius 3 is 2.23 bits per heavy atom. The third-order valence-corrected chi connectivity index (χ3v) is 2.89. The Balaban J connectivity index is 3.57. The highest BCUT2D eigenvalue weighted by Crippen LogP contribution is 2.30. The van der Waals surface area contributed by atoms with E-state index < -0.39 is 15.0 Å². The largest absolute Gasteiger partial charge is 0.398 e. The lowest BCUT2D eigenvalue weighted by atomic mass is 10.3. The van der Waals surface area contributed by atoms with Crippen molar-refractivity contribution in [2.24, 2.45) is 0 Å². The molecule has 0 bridgehead atoms. The second-order valence-corrected chi connectivity index (χ2v) is 4.48. The summed E-state index contributed by atoms with van der Waals surface area (Å²) in [5.41, 5.74) is 5.12. The van der Waals surface area contributed by atoms with E-state index in [4.69, 9.17) is 33.5 Å². The van der Waals surface area contributed by atoms with E-state index in [-0.39, 0.29) is 15.7 Å². The first kappa shape index (κ1) is 10.6. The van der Waals surface area contributed by atoms with Gasteiger partial charge in [0.2, 0.25) is 0 Å². The monoisotopic (exact) mass is 241 g/mol. The molecule has 0 radical (unpaired) electrons. The molecule has 0 atom stereocenters. The smallest absolute Gasteiger partial charge is 0.298 e. The molecule has 0 spiro atoms. The van der Waals surface area contributed by atoms with E-state index in [2.05, 4.69) is 0 Å². The number of nitrogen functional groups attached to an aromatic ring is 1. The summed E-state index contributed by atoms with van der Waals surface area (Å²) in [6, 6.07) is 2.37. The molecule has 1 aromatic carbocycles. The first-order valence-electron chi connectivity index (χ1n) is 3.04. The fraction of sp³-hybridized carbons (Fsp3) is 0. The summed E-state index contributed by atoms with van der Waals surface area (Å²) in [5.74, 6) is 0. The molecule has 13 heavy (non-hydrogen) atoms. The van der Waals surface area contributed by atoms with Crippen molar-refractivity contribution in [2.45, 2.75) is 4.90 Å². The zero-order valence-electron chi connectivity index (χ0n) is 6.16. The molecule has 0 aliphatic carbocycles. The van der Waals surface area contributed by atoms with E-state index in [0.717, 1.165) is 0 Å². The molecule has 0 heterocycles. The normalized spacial score (nSPS) is 11.6. The van der Waals surface area contributed by atoms with Gasteiger partial charge in [-0.25, -0.2) is 0 Å². The minimum absolute atomic E-state index is 0.181. The first-order valence-corrected chi connectivity index (χ1v) is 5.24. The fourth-order valence-electron chi connectivity index (χ4n) is 0.852. The van der Waals surface area contributed by atoms with Crippen LogP contribution in [0.3, 0.4) is 0 Å². The number of benzene rings is 1. The molecule has 0 amide bonds. The summed E-state index contributed by atoms with van der Waals surface area (Å²) in [6.45, 7) is 0. The van der Waals surface area contributed by atoms with Gasteiger partial charge in [-0.2, -0.15) is 8.42 Å². The minimum Gasteiger partial charge on any atom is -0.398 e. The van der Waals surface area contributed by atoms with Gasteiger partial charge in [-0.15, -0.1) is 0 Å². The van der Waals surface area contributed by atoms with Gasteiger partial charge >= 0.3 is 0 Å². The molecule has 0 aromatic heterocycles. The van der Waals surface area contributed by atoms with Gasteiger partial charge in [0.25, 0.3) is 10.1 Å². The molecule has 72 valence electrons. The number of hydrogen-bond acceptors (Lipinski definition) is 3. The quantitative estimate of drug-likeness (QED) is 0.581. The van der Waals surface area contributed by atoms with Crippen molar-refractivity contribution in [3.8, 4) is 0 Å². The maximum absolute atomic E-state index is 10.7. The van der Waals surface area contributed by atoms with Gasteiger partial charge in [0, 0.05) is 5.02 Å². The highest BCUT2D eigenvalue weighted by molar-refractivity contribution is 7.86. The molecule has 0 saturated heterocycles. The number of rotatable bonds is 1. The van der Waals surface area contributed by atoms with Crippen molar-refractivity contribution < 1.29 is 13.0 Å². The topological polar surface area (TPSA) is 80.4 Å². The van der Waals surface area contributed by atoms with Crippen LogP contribution in [0.5, 0.6) is 0 Å². The Morgan fingerprint density at radius 1 is 1.31 bits per heavy atom. The predicted octanol–water partition coefficient (Wildman–Crippen LogP) is 1.82. The van der Waals surface area contributed by atoms with Gasteiger partial charge < -0.3 is 5.73 Å². The van der Waals surface area contributed by atoms with E-state index in [0.29, 0.717) is 0 Å². The Hall–Kier alpha value is -0.490. The van der Waals surface area contributed by atoms with E-state index in [1.807, 2.05) is 0 Å². The van der Waals surface area contributed by atoms with Crippen molar-refractivity contribution in [3.63, 3.8) is 0 Å². The van der Waals surface area contributed by atoms with Crippen molar-refractivity contribution in [1.82, 2.24) is 0 Å². The lowest BCUT2D eigenvalue weighted by Crippen LogP contribution is -2.03. The summed E-state index contributed by atoms with van der Waals surface area (Å²) in [5, 5.41) is 0.00222. The molecule has 0 fully saturated rings. The van der Waals surface area contributed by atoms with Crippen LogP contribution in [0, 0.1) is 0 Å². The van der Waals surface area contributed by atoms with Crippen molar-refractivity contribution >= 4 is 39.0 Å². The molecule has 1 rings (SSSR count). The minimum atomic E-state index is -4.40. The maximum atomic E-state index is 10.7. The molecule has 0 aliphatic rings. The summed E-state index contributed by atoms with van der Waals surface area (Å²) in [6.07, 6.45) is 0. The Labute approximate surface area is 85.0 Å². The first-order chi connectivity index (χ1) is 5.82. The number of halogens is 2. The average Bonchev–Trinajstić information content (AvgIpc) is 1.78. The van der Waals surface area contributed by atoms with Gasteiger partial charge in [-0.3, -0.25) is 4.55 Å². The summed E-state index contributed by atoms with van der Waals surface area (Å²) < 4.78 is 30.2. The standard InChI is InChI=1S/C6H5Cl2NO3S/c7-3-1-4(8)6(5(9)2-3)13(10,11)12/h1-2H,9H2,(H,10,11,12). The van der Waals surface area contributed by atoms with E-state index in [1.54, 1.807) is 0 Å². The number of nitrogens with two attached hydrogens (primary N) is 1. The van der Waals surface area contributed by atoms with Crippen molar-refractivity contribution in [3.05, 3.63) is 22.2 Å². The summed E-state index contributed by atoms with van der Waals surface area (Å²) in [4.78, 5) is -0.515. The summed E-state index contributed by atoms with van der Waals surface area (Å²) >= 11 is 11.0. The van der Waals surface area contributed by atoms with Crippen LogP contribution in [0.2, 0.25) is 10.0 Å². The van der Waals surface area contributed by atoms with E-state index in [9.17, 15) is 8.42 Å². The highest BCUT2D eigenvalue weighted by atomic mass is 35.5. The van der Waals surface area contributed by atoms with Crippen LogP contribution in [0.1, 0.15) is 0 Å². The van der Waals surface area contributed by atoms with Crippen molar-refractivity contribution in [2.75, 3.05) is 5.73 Å². The van der Waals surface area contributed by atoms with E-state index in [1.165, 1.54) is 12.1 Å². The van der Waals surface area contributed by atoms with E-state index >= 15 is 0 Å². The molecule has 7 heteroatoms. The molecule has 4 nitrogen and oxygen atoms in total. The number of hydrogen-bond donors (Lipinski definition) is 2. The van der Waals surface area contributed by atoms with Crippen LogP contribution in [-0.2, 0) is 10.1 Å². The third kappa shape index (κ3) is 2.25. The SMILES string of the molecule is Nc1cc(Cl)cc(Cl)c1S(=O)(=O)O. The lowest BCUT2D eigenvalue weighted by Gasteiger charge is -2.04. The van der Waals surface area contributed by atoms with Gasteiger partial charge in [0.15, 0.2) is 0 Å². The van der Waals surface area contributed by atoms with Crippen LogP contribution in [0.15, 0.2) is 17.0 Å². The molecule has 1 aromatic rings. The molecule has 0 unspecified atom stereocenters. The zero-order valence-corrected chi connectivity index (χ0v) is 8.49. The van der Waals surface area contributed by atoms with Crippen LogP contribution < -0.4 is 5.73 Å². The highest BCUT2D eigenvalue weighted by Gasteiger charge is 2.18. The fourth-order valence-corrected chi connectivity index (χ4v) is 2.32. The van der Waals surface area contributed by atoms with Crippen LogP contribution in [0.25, 0.3) is 0 Å². The van der Waals surface area contributed by atoms with Crippen LogP contribution in [0.4, 0.5) is 5.69 Å². The van der Waals surface area contributed by atoms with Crippen LogP contribution in [-0.4, -0.2) is 13.0 Å². The molecular weight excluding hydrogens is 237 g/mol. The second kappa shape index (κ2) is 3.34. The molecule has 0 aliphatic heterocycles. The van der Waals surface area contributed by atoms with Gasteiger partial charge in [-0.05, 0) is 12.1 Å². The van der Waals surface area contributed by atoms with Crippen LogP contribution >= 0.6 is 23.2 Å². The Morgan fingerprint density at radius 2 is 1.85 bits per heavy atom. The second-order valence-electron chi connectivity index (χ2n) is 2.28. The third-order valence-electron chi connectivity index (χ3n) is 1.30. The maximum Gasteiger partial charge on any atom is 0.298 e. The predicted molar refractivity (Wildman–Crippen MR) is 50.7 cm³/mol. The average molecular weight is 242 g/mol. The van der Waals surface area contributed by atoms with Gasteiger partial charge in [0.1, 0.15) is 4.90 Å². The van der Waals surface area contributed by atoms with Crippen molar-refractivity contribution in [1.29, 1.82) is 0 Å². The Kier molecular flexibility index (Phi) is 2.72. The molecule has 0 saturated carbocycles. The Bertz CT molecular complexity index is 420. The molecular formula is C6H5Cl2NO3S. The summed E-state index contributed by atoms with van der Waals surface area (Å²) in [7, 11) is -4.40. The zero-order chi connectivity index (χ0) is 10.2. The molecule has 3 N–H and O–H groups in total.